The largest absolute Gasteiger partial charge is 0.350 e. The van der Waals surface area contributed by atoms with E-state index in [2.05, 4.69) is 31.4 Å². The zero-order valence-electron chi connectivity index (χ0n) is 16.5. The van der Waals surface area contributed by atoms with Crippen LogP contribution in [-0.2, 0) is 16.0 Å². The van der Waals surface area contributed by atoms with Gasteiger partial charge in [0, 0.05) is 5.54 Å². The van der Waals surface area contributed by atoms with Gasteiger partial charge in [-0.2, -0.15) is 0 Å². The normalized spacial score (nSPS) is 12.0. The Hall–Kier alpha value is -2.36. The molecule has 2 amide bonds. The van der Waals surface area contributed by atoms with E-state index in [1.165, 1.54) is 0 Å². The molecule has 0 aliphatic heterocycles. The number of rotatable bonds is 6. The fourth-order valence-electron chi connectivity index (χ4n) is 3.65. The number of amides is 2. The molecule has 2 rings (SSSR count). The average Bonchev–Trinajstić information content (AvgIpc) is 2.50. The van der Waals surface area contributed by atoms with Crippen LogP contribution in [0.2, 0.25) is 0 Å². The Morgan fingerprint density at radius 1 is 0.885 bits per heavy atom. The van der Waals surface area contributed by atoms with Gasteiger partial charge in [0.2, 0.25) is 11.8 Å². The third-order valence-corrected chi connectivity index (χ3v) is 4.13. The van der Waals surface area contributed by atoms with E-state index in [0.29, 0.717) is 0 Å². The Kier molecular flexibility index (Phi) is 6.06. The first-order valence-corrected chi connectivity index (χ1v) is 9.10. The zero-order chi connectivity index (χ0) is 19.4. The Morgan fingerprint density at radius 3 is 2.23 bits per heavy atom. The van der Waals surface area contributed by atoms with Gasteiger partial charge in [-0.05, 0) is 42.0 Å². The molecule has 0 fully saturated rings. The Bertz CT molecular complexity index is 783. The molecule has 2 aromatic carbocycles. The van der Waals surface area contributed by atoms with Crippen molar-refractivity contribution in [2.45, 2.75) is 53.0 Å². The number of carbonyl (C=O) groups excluding carboxylic acids is 2. The van der Waals surface area contributed by atoms with Gasteiger partial charge in [-0.1, -0.05) is 63.2 Å². The molecule has 0 saturated carbocycles. The fraction of sp³-hybridized carbons (Fsp3) is 0.455. The minimum atomic E-state index is -0.310. The summed E-state index contributed by atoms with van der Waals surface area (Å²) in [6.45, 7) is 10.5. The van der Waals surface area contributed by atoms with Gasteiger partial charge in [-0.25, -0.2) is 0 Å². The van der Waals surface area contributed by atoms with Gasteiger partial charge < -0.3 is 10.6 Å². The molecule has 0 unspecified atom stereocenters. The molecule has 0 aliphatic rings. The number of hydrogen-bond acceptors (Lipinski definition) is 2. The third-order valence-electron chi connectivity index (χ3n) is 4.13. The molecule has 0 radical (unpaired) electrons. The zero-order valence-corrected chi connectivity index (χ0v) is 16.5. The lowest BCUT2D eigenvalue weighted by Crippen LogP contribution is -2.49. The van der Waals surface area contributed by atoms with Crippen molar-refractivity contribution >= 4 is 22.6 Å². The van der Waals surface area contributed by atoms with Crippen LogP contribution in [-0.4, -0.2) is 23.9 Å². The highest BCUT2D eigenvalue weighted by atomic mass is 16.2. The van der Waals surface area contributed by atoms with Crippen LogP contribution in [0, 0.1) is 5.41 Å². The molecular formula is C22H30N2O2. The van der Waals surface area contributed by atoms with Crippen molar-refractivity contribution in [2.75, 3.05) is 6.54 Å². The van der Waals surface area contributed by atoms with Gasteiger partial charge in [0.15, 0.2) is 0 Å². The van der Waals surface area contributed by atoms with E-state index in [0.717, 1.165) is 22.8 Å². The van der Waals surface area contributed by atoms with E-state index < -0.39 is 0 Å². The van der Waals surface area contributed by atoms with Gasteiger partial charge in [-0.3, -0.25) is 9.59 Å². The fourth-order valence-corrected chi connectivity index (χ4v) is 3.65. The van der Waals surface area contributed by atoms with Crippen molar-refractivity contribution in [2.24, 2.45) is 5.41 Å². The highest BCUT2D eigenvalue weighted by molar-refractivity contribution is 5.91. The summed E-state index contributed by atoms with van der Waals surface area (Å²) >= 11 is 0. The molecule has 0 bridgehead atoms. The summed E-state index contributed by atoms with van der Waals surface area (Å²) in [6, 6.07) is 13.9. The monoisotopic (exact) mass is 354 g/mol. The quantitative estimate of drug-likeness (QED) is 0.828. The van der Waals surface area contributed by atoms with Crippen LogP contribution in [0.1, 0.15) is 46.6 Å². The SMILES string of the molecule is CC(C)(C)CC(C)(C)NC(=O)CNC(=O)Cc1cccc2ccccc12. The number of hydrogen-bond donors (Lipinski definition) is 2. The van der Waals surface area contributed by atoms with E-state index in [4.69, 9.17) is 0 Å². The van der Waals surface area contributed by atoms with Gasteiger partial charge in [0.25, 0.3) is 0 Å². The van der Waals surface area contributed by atoms with Gasteiger partial charge in [0.05, 0.1) is 13.0 Å². The van der Waals surface area contributed by atoms with Crippen molar-refractivity contribution in [1.82, 2.24) is 10.6 Å². The number of fused-ring (bicyclic) bond motifs is 1. The van der Waals surface area contributed by atoms with Crippen LogP contribution in [0.3, 0.4) is 0 Å². The second kappa shape index (κ2) is 7.90. The molecule has 26 heavy (non-hydrogen) atoms. The lowest BCUT2D eigenvalue weighted by Gasteiger charge is -2.33. The second-order valence-electron chi connectivity index (χ2n) is 8.76. The van der Waals surface area contributed by atoms with Gasteiger partial charge in [-0.15, -0.1) is 0 Å². The summed E-state index contributed by atoms with van der Waals surface area (Å²) in [6.07, 6.45) is 1.12. The molecule has 4 nitrogen and oxygen atoms in total. The maximum Gasteiger partial charge on any atom is 0.239 e. The van der Waals surface area contributed by atoms with Crippen molar-refractivity contribution in [1.29, 1.82) is 0 Å². The van der Waals surface area contributed by atoms with Crippen LogP contribution in [0.15, 0.2) is 42.5 Å². The second-order valence-corrected chi connectivity index (χ2v) is 8.76. The molecule has 2 aromatic rings. The predicted octanol–water partition coefficient (Wildman–Crippen LogP) is 3.83. The van der Waals surface area contributed by atoms with E-state index in [1.54, 1.807) is 0 Å². The smallest absolute Gasteiger partial charge is 0.239 e. The molecule has 0 aromatic heterocycles. The highest BCUT2D eigenvalue weighted by Gasteiger charge is 2.26. The van der Waals surface area contributed by atoms with Crippen molar-refractivity contribution in [3.05, 3.63) is 48.0 Å². The Labute approximate surface area is 156 Å². The van der Waals surface area contributed by atoms with E-state index in [1.807, 2.05) is 56.3 Å². The van der Waals surface area contributed by atoms with Crippen molar-refractivity contribution in [3.63, 3.8) is 0 Å². The number of carbonyl (C=O) groups is 2. The number of nitrogens with one attached hydrogen (secondary N) is 2. The van der Waals surface area contributed by atoms with Crippen molar-refractivity contribution < 1.29 is 9.59 Å². The minimum Gasteiger partial charge on any atom is -0.350 e. The van der Waals surface area contributed by atoms with E-state index in [-0.39, 0.29) is 35.7 Å². The van der Waals surface area contributed by atoms with Crippen LogP contribution >= 0.6 is 0 Å². The molecule has 4 heteroatoms. The van der Waals surface area contributed by atoms with Crippen LogP contribution in [0.25, 0.3) is 10.8 Å². The van der Waals surface area contributed by atoms with Gasteiger partial charge in [0.1, 0.15) is 0 Å². The van der Waals surface area contributed by atoms with E-state index in [9.17, 15) is 9.59 Å². The third kappa shape index (κ3) is 6.17. The lowest BCUT2D eigenvalue weighted by atomic mass is 9.82. The van der Waals surface area contributed by atoms with Crippen molar-refractivity contribution in [3.8, 4) is 0 Å². The molecule has 140 valence electrons. The summed E-state index contributed by atoms with van der Waals surface area (Å²) in [7, 11) is 0. The summed E-state index contributed by atoms with van der Waals surface area (Å²) in [5, 5.41) is 7.92. The first-order chi connectivity index (χ1) is 12.1. The molecule has 0 aliphatic carbocycles. The molecule has 0 heterocycles. The summed E-state index contributed by atoms with van der Waals surface area (Å²) in [4.78, 5) is 24.5. The Balaban J connectivity index is 1.89. The summed E-state index contributed by atoms with van der Waals surface area (Å²) in [5.74, 6) is -0.310. The minimum absolute atomic E-state index is 0.00281. The molecule has 0 spiro atoms. The summed E-state index contributed by atoms with van der Waals surface area (Å²) < 4.78 is 0. The van der Waals surface area contributed by atoms with Gasteiger partial charge >= 0.3 is 0 Å². The number of benzene rings is 2. The summed E-state index contributed by atoms with van der Waals surface area (Å²) in [5.41, 5.74) is 0.776. The van der Waals surface area contributed by atoms with Crippen LogP contribution in [0.5, 0.6) is 0 Å². The maximum atomic E-state index is 12.3. The maximum absolute atomic E-state index is 12.3. The standard InChI is InChI=1S/C22H30N2O2/c1-21(2,3)15-22(4,5)24-20(26)14-23-19(25)13-17-11-8-10-16-9-6-7-12-18(16)17/h6-12H,13-15H2,1-5H3,(H,23,25)(H,24,26). The van der Waals surface area contributed by atoms with E-state index >= 15 is 0 Å². The predicted molar refractivity (Wildman–Crippen MR) is 107 cm³/mol. The Morgan fingerprint density at radius 2 is 1.54 bits per heavy atom. The topological polar surface area (TPSA) is 58.2 Å². The average molecular weight is 354 g/mol. The van der Waals surface area contributed by atoms with Crippen LogP contribution < -0.4 is 10.6 Å². The highest BCUT2D eigenvalue weighted by Crippen LogP contribution is 2.26. The van der Waals surface area contributed by atoms with Crippen LogP contribution in [0.4, 0.5) is 0 Å². The first kappa shape index (κ1) is 20.0. The molecule has 2 N–H and O–H groups in total. The first-order valence-electron chi connectivity index (χ1n) is 9.10. The molecule has 0 saturated heterocycles. The lowest BCUT2D eigenvalue weighted by molar-refractivity contribution is -0.126. The molecular weight excluding hydrogens is 324 g/mol. The molecule has 0 atom stereocenters.